The molecule has 3 aromatic rings. The van der Waals surface area contributed by atoms with Crippen molar-refractivity contribution in [1.82, 2.24) is 9.78 Å². The number of halogens is 1. The average Bonchev–Trinajstić information content (AvgIpc) is 3.54. The van der Waals surface area contributed by atoms with Gasteiger partial charge in [-0.05, 0) is 110 Å². The Morgan fingerprint density at radius 1 is 1.15 bits per heavy atom. The van der Waals surface area contributed by atoms with E-state index >= 15 is 0 Å². The van der Waals surface area contributed by atoms with E-state index in [1.165, 1.54) is 42.5 Å². The molecule has 174 valence electrons. The number of aryl methyl sites for hydroxylation is 1. The molecule has 3 aliphatic carbocycles. The van der Waals surface area contributed by atoms with E-state index in [1.54, 1.807) is 19.2 Å². The standard InChI is InChI=1S/C28H33FN2O2/c1-33-18-27(32)11-12-28(15-19-5-6-19)22(16-27)4-2-3-20-14-26-21(13-25(20)28)17-30-31(26)24-9-7-23(29)8-10-24/h7-10,13-14,17,19,22,32H,2-6,11-12,15-16,18H2,1H3/t22-,27+,28-/m1/s1. The lowest BCUT2D eigenvalue weighted by Gasteiger charge is -2.50. The molecule has 5 heteroatoms. The van der Waals surface area contributed by atoms with E-state index < -0.39 is 5.60 Å². The Bertz CT molecular complexity index is 1170. The maximum atomic E-state index is 13.5. The van der Waals surface area contributed by atoms with Crippen LogP contribution in [0, 0.1) is 17.7 Å². The fourth-order valence-electron chi connectivity index (χ4n) is 6.88. The molecule has 0 saturated heterocycles. The summed E-state index contributed by atoms with van der Waals surface area (Å²) in [4.78, 5) is 0. The van der Waals surface area contributed by atoms with Crippen molar-refractivity contribution < 1.29 is 14.2 Å². The third-order valence-electron chi connectivity index (χ3n) is 8.61. The van der Waals surface area contributed by atoms with Gasteiger partial charge in [-0.25, -0.2) is 9.07 Å². The van der Waals surface area contributed by atoms with E-state index in [-0.39, 0.29) is 11.2 Å². The first-order chi connectivity index (χ1) is 16.0. The minimum Gasteiger partial charge on any atom is -0.387 e. The van der Waals surface area contributed by atoms with Gasteiger partial charge in [0, 0.05) is 12.5 Å². The van der Waals surface area contributed by atoms with E-state index in [9.17, 15) is 9.50 Å². The van der Waals surface area contributed by atoms with Gasteiger partial charge in [0.25, 0.3) is 0 Å². The van der Waals surface area contributed by atoms with Crippen molar-refractivity contribution in [3.63, 3.8) is 0 Å². The summed E-state index contributed by atoms with van der Waals surface area (Å²) in [5, 5.41) is 17.1. The van der Waals surface area contributed by atoms with Gasteiger partial charge in [-0.15, -0.1) is 0 Å². The summed E-state index contributed by atoms with van der Waals surface area (Å²) < 4.78 is 20.8. The van der Waals surface area contributed by atoms with Crippen molar-refractivity contribution in [2.24, 2.45) is 11.8 Å². The van der Waals surface area contributed by atoms with Crippen LogP contribution in [0.15, 0.2) is 42.6 Å². The Hall–Kier alpha value is -2.24. The molecule has 0 unspecified atom stereocenters. The highest BCUT2D eigenvalue weighted by molar-refractivity contribution is 5.82. The summed E-state index contributed by atoms with van der Waals surface area (Å²) in [6.07, 6.45) is 11.9. The molecular weight excluding hydrogens is 415 g/mol. The van der Waals surface area contributed by atoms with Crippen molar-refractivity contribution in [2.45, 2.75) is 68.8 Å². The van der Waals surface area contributed by atoms with Gasteiger partial charge in [0.15, 0.2) is 0 Å². The number of aromatic nitrogens is 2. The van der Waals surface area contributed by atoms with Crippen molar-refractivity contribution in [1.29, 1.82) is 0 Å². The number of nitrogens with zero attached hydrogens (tertiary/aromatic N) is 2. The van der Waals surface area contributed by atoms with Crippen molar-refractivity contribution in [3.8, 4) is 5.69 Å². The Balaban J connectivity index is 1.46. The van der Waals surface area contributed by atoms with Gasteiger partial charge in [0.1, 0.15) is 5.82 Å². The van der Waals surface area contributed by atoms with Gasteiger partial charge in [0.05, 0.1) is 29.6 Å². The van der Waals surface area contributed by atoms with Crippen LogP contribution in [0.5, 0.6) is 0 Å². The number of fused-ring (bicyclic) bond motifs is 4. The first-order valence-corrected chi connectivity index (χ1v) is 12.5. The van der Waals surface area contributed by atoms with Crippen LogP contribution in [-0.2, 0) is 16.6 Å². The van der Waals surface area contributed by atoms with Crippen LogP contribution in [0.1, 0.15) is 62.5 Å². The lowest BCUT2D eigenvalue weighted by molar-refractivity contribution is -0.0916. The van der Waals surface area contributed by atoms with E-state index in [0.717, 1.165) is 61.0 Å². The molecule has 0 amide bonds. The highest BCUT2D eigenvalue weighted by atomic mass is 19.1. The number of methoxy groups -OCH3 is 1. The predicted molar refractivity (Wildman–Crippen MR) is 127 cm³/mol. The number of rotatable bonds is 5. The van der Waals surface area contributed by atoms with Gasteiger partial charge in [-0.3, -0.25) is 0 Å². The topological polar surface area (TPSA) is 47.3 Å². The van der Waals surface area contributed by atoms with E-state index in [0.29, 0.717) is 12.5 Å². The largest absolute Gasteiger partial charge is 0.387 e. The molecule has 0 radical (unpaired) electrons. The van der Waals surface area contributed by atoms with Gasteiger partial charge in [0.2, 0.25) is 0 Å². The lowest BCUT2D eigenvalue weighted by Crippen LogP contribution is -2.50. The Morgan fingerprint density at radius 3 is 2.73 bits per heavy atom. The van der Waals surface area contributed by atoms with Crippen LogP contribution in [0.4, 0.5) is 4.39 Å². The Kier molecular flexibility index (Phi) is 5.11. The third kappa shape index (κ3) is 3.70. The highest BCUT2D eigenvalue weighted by Gasteiger charge is 2.52. The maximum absolute atomic E-state index is 13.5. The van der Waals surface area contributed by atoms with E-state index in [1.807, 2.05) is 10.9 Å². The van der Waals surface area contributed by atoms with Crippen LogP contribution in [0.2, 0.25) is 0 Å². The summed E-state index contributed by atoms with van der Waals surface area (Å²) in [5.74, 6) is 1.07. The summed E-state index contributed by atoms with van der Waals surface area (Å²) >= 11 is 0. The minimum atomic E-state index is -0.700. The van der Waals surface area contributed by atoms with Crippen molar-refractivity contribution >= 4 is 10.9 Å². The predicted octanol–water partition coefficient (Wildman–Crippen LogP) is 5.72. The van der Waals surface area contributed by atoms with Gasteiger partial charge in [-0.1, -0.05) is 12.8 Å². The van der Waals surface area contributed by atoms with Crippen molar-refractivity contribution in [3.05, 3.63) is 59.5 Å². The molecule has 0 aliphatic heterocycles. The molecular formula is C28H33FN2O2. The summed E-state index contributed by atoms with van der Waals surface area (Å²) in [6.45, 7) is 0.430. The maximum Gasteiger partial charge on any atom is 0.123 e. The smallest absolute Gasteiger partial charge is 0.123 e. The number of hydrogen-bond donors (Lipinski definition) is 1. The molecule has 0 bridgehead atoms. The molecule has 3 atom stereocenters. The third-order valence-corrected chi connectivity index (χ3v) is 8.61. The monoisotopic (exact) mass is 448 g/mol. The molecule has 6 rings (SSSR count). The zero-order valence-electron chi connectivity index (χ0n) is 19.4. The second-order valence-electron chi connectivity index (χ2n) is 10.9. The molecule has 2 fully saturated rings. The Labute approximate surface area is 194 Å². The first-order valence-electron chi connectivity index (χ1n) is 12.5. The second kappa shape index (κ2) is 7.92. The molecule has 1 N–H and O–H groups in total. The lowest BCUT2D eigenvalue weighted by atomic mass is 9.56. The molecule has 3 aliphatic rings. The molecule has 1 aromatic heterocycles. The quantitative estimate of drug-likeness (QED) is 0.543. The molecule has 2 aromatic carbocycles. The minimum absolute atomic E-state index is 0.138. The number of hydrogen-bond acceptors (Lipinski definition) is 3. The van der Waals surface area contributed by atoms with Crippen LogP contribution >= 0.6 is 0 Å². The van der Waals surface area contributed by atoms with Crippen LogP contribution in [0.3, 0.4) is 0 Å². The fraction of sp³-hybridized carbons (Fsp3) is 0.536. The summed E-state index contributed by atoms with van der Waals surface area (Å²) in [5.41, 5.74) is 4.35. The summed E-state index contributed by atoms with van der Waals surface area (Å²) in [7, 11) is 1.70. The van der Waals surface area contributed by atoms with E-state index in [4.69, 9.17) is 4.74 Å². The molecule has 1 heterocycles. The number of benzene rings is 2. The van der Waals surface area contributed by atoms with Gasteiger partial charge < -0.3 is 9.84 Å². The van der Waals surface area contributed by atoms with Gasteiger partial charge >= 0.3 is 0 Å². The zero-order chi connectivity index (χ0) is 22.6. The van der Waals surface area contributed by atoms with Crippen LogP contribution in [0.25, 0.3) is 16.6 Å². The zero-order valence-corrected chi connectivity index (χ0v) is 19.4. The molecule has 2 saturated carbocycles. The molecule has 0 spiro atoms. The highest BCUT2D eigenvalue weighted by Crippen LogP contribution is 2.57. The average molecular weight is 449 g/mol. The molecule has 4 nitrogen and oxygen atoms in total. The SMILES string of the molecule is COC[C@]1(O)CC[C@]2(CC3CC3)c3cc4cnn(-c5ccc(F)cc5)c4cc3CCC[C@@H]2C1. The molecule has 33 heavy (non-hydrogen) atoms. The van der Waals surface area contributed by atoms with Gasteiger partial charge in [-0.2, -0.15) is 5.10 Å². The van der Waals surface area contributed by atoms with E-state index in [2.05, 4.69) is 17.2 Å². The number of ether oxygens (including phenoxy) is 1. The normalized spacial score (nSPS) is 29.5. The first kappa shape index (κ1) is 21.3. The Morgan fingerprint density at radius 2 is 1.97 bits per heavy atom. The van der Waals surface area contributed by atoms with Crippen molar-refractivity contribution in [2.75, 3.05) is 13.7 Å². The number of aliphatic hydroxyl groups is 1. The van der Waals surface area contributed by atoms with Crippen LogP contribution < -0.4 is 0 Å². The second-order valence-corrected chi connectivity index (χ2v) is 10.9. The summed E-state index contributed by atoms with van der Waals surface area (Å²) in [6, 6.07) is 11.3. The fourth-order valence-corrected chi connectivity index (χ4v) is 6.88. The van der Waals surface area contributed by atoms with Crippen LogP contribution in [-0.4, -0.2) is 34.2 Å².